The molecular formula is C12H19NO3. The van der Waals surface area contributed by atoms with Crippen molar-refractivity contribution in [2.24, 2.45) is 5.73 Å². The Morgan fingerprint density at radius 2 is 2.25 bits per heavy atom. The molecule has 0 aliphatic rings. The molecule has 3 N–H and O–H groups in total. The minimum atomic E-state index is -0.0808. The van der Waals surface area contributed by atoms with Gasteiger partial charge in [-0.05, 0) is 24.6 Å². The van der Waals surface area contributed by atoms with Crippen LogP contribution in [0.15, 0.2) is 24.3 Å². The van der Waals surface area contributed by atoms with E-state index in [1.165, 1.54) is 0 Å². The summed E-state index contributed by atoms with van der Waals surface area (Å²) < 4.78 is 10.9. The Morgan fingerprint density at radius 3 is 2.88 bits per heavy atom. The molecule has 0 spiro atoms. The monoisotopic (exact) mass is 225 g/mol. The zero-order valence-electron chi connectivity index (χ0n) is 9.56. The Hall–Kier alpha value is -1.10. The molecule has 0 aliphatic carbocycles. The van der Waals surface area contributed by atoms with Gasteiger partial charge in [-0.15, -0.1) is 0 Å². The fourth-order valence-electron chi connectivity index (χ4n) is 1.34. The normalized spacial score (nSPS) is 12.4. The number of benzene rings is 1. The van der Waals surface area contributed by atoms with Crippen molar-refractivity contribution in [1.82, 2.24) is 0 Å². The van der Waals surface area contributed by atoms with Crippen LogP contribution in [0.25, 0.3) is 0 Å². The van der Waals surface area contributed by atoms with Gasteiger partial charge in [-0.25, -0.2) is 0 Å². The largest absolute Gasteiger partial charge is 0.491 e. The smallest absolute Gasteiger partial charge is 0.119 e. The molecule has 0 saturated carbocycles. The first-order valence-electron chi connectivity index (χ1n) is 5.44. The molecule has 1 unspecified atom stereocenters. The van der Waals surface area contributed by atoms with Gasteiger partial charge in [0.25, 0.3) is 0 Å². The van der Waals surface area contributed by atoms with Gasteiger partial charge < -0.3 is 20.3 Å². The van der Waals surface area contributed by atoms with Crippen LogP contribution in [0.2, 0.25) is 0 Å². The summed E-state index contributed by atoms with van der Waals surface area (Å²) in [4.78, 5) is 0. The van der Waals surface area contributed by atoms with Gasteiger partial charge >= 0.3 is 0 Å². The van der Waals surface area contributed by atoms with Gasteiger partial charge in [0.1, 0.15) is 18.5 Å². The lowest BCUT2D eigenvalue weighted by Gasteiger charge is -2.15. The second-order valence-corrected chi connectivity index (χ2v) is 3.43. The molecule has 0 bridgehead atoms. The van der Waals surface area contributed by atoms with Crippen molar-refractivity contribution in [3.8, 4) is 5.75 Å². The van der Waals surface area contributed by atoms with Gasteiger partial charge in [0.05, 0.1) is 6.61 Å². The maximum absolute atomic E-state index is 8.97. The molecule has 0 saturated heterocycles. The summed E-state index contributed by atoms with van der Waals surface area (Å²) in [6.45, 7) is 3.44. The minimum absolute atomic E-state index is 0.0168. The third kappa shape index (κ3) is 4.18. The van der Waals surface area contributed by atoms with E-state index in [2.05, 4.69) is 0 Å². The Kier molecular flexibility index (Phi) is 5.85. The van der Waals surface area contributed by atoms with E-state index in [1.54, 1.807) is 6.07 Å². The Bertz CT molecular complexity index is 304. The molecule has 0 radical (unpaired) electrons. The summed E-state index contributed by atoms with van der Waals surface area (Å²) in [6.07, 6.45) is -0.0808. The van der Waals surface area contributed by atoms with E-state index >= 15 is 0 Å². The molecule has 4 nitrogen and oxygen atoms in total. The van der Waals surface area contributed by atoms with Crippen LogP contribution in [0.5, 0.6) is 5.75 Å². The van der Waals surface area contributed by atoms with E-state index < -0.39 is 0 Å². The quantitative estimate of drug-likeness (QED) is 0.724. The lowest BCUT2D eigenvalue weighted by Crippen LogP contribution is -2.30. The maximum Gasteiger partial charge on any atom is 0.119 e. The average Bonchev–Trinajstić information content (AvgIpc) is 2.34. The van der Waals surface area contributed by atoms with Crippen molar-refractivity contribution in [3.05, 3.63) is 29.8 Å². The fourth-order valence-corrected chi connectivity index (χ4v) is 1.34. The summed E-state index contributed by atoms with van der Waals surface area (Å²) in [7, 11) is 0. The number of ether oxygens (including phenoxy) is 2. The third-order valence-electron chi connectivity index (χ3n) is 2.18. The molecular weight excluding hydrogens is 206 g/mol. The fraction of sp³-hybridized carbons (Fsp3) is 0.500. The number of aliphatic hydroxyl groups excluding tert-OH is 1. The highest BCUT2D eigenvalue weighted by Crippen LogP contribution is 2.13. The van der Waals surface area contributed by atoms with Crippen molar-refractivity contribution in [3.63, 3.8) is 0 Å². The molecule has 16 heavy (non-hydrogen) atoms. The van der Waals surface area contributed by atoms with Gasteiger partial charge in [-0.3, -0.25) is 0 Å². The summed E-state index contributed by atoms with van der Waals surface area (Å²) >= 11 is 0. The van der Waals surface area contributed by atoms with Crippen LogP contribution >= 0.6 is 0 Å². The molecule has 1 aromatic rings. The van der Waals surface area contributed by atoms with Crippen molar-refractivity contribution in [2.45, 2.75) is 19.6 Å². The summed E-state index contributed by atoms with van der Waals surface area (Å²) in [5, 5.41) is 8.97. The van der Waals surface area contributed by atoms with Crippen LogP contribution in [0.4, 0.5) is 0 Å². The van der Waals surface area contributed by atoms with Crippen molar-refractivity contribution >= 4 is 0 Å². The van der Waals surface area contributed by atoms with E-state index in [1.807, 2.05) is 25.1 Å². The number of nitrogens with two attached hydrogens (primary N) is 1. The molecule has 1 rings (SSSR count). The Labute approximate surface area is 96.0 Å². The van der Waals surface area contributed by atoms with Gasteiger partial charge in [0.15, 0.2) is 0 Å². The lowest BCUT2D eigenvalue weighted by molar-refractivity contribution is 0.0336. The number of hydrogen-bond donors (Lipinski definition) is 2. The topological polar surface area (TPSA) is 64.7 Å². The maximum atomic E-state index is 8.97. The van der Waals surface area contributed by atoms with E-state index in [-0.39, 0.29) is 12.7 Å². The van der Waals surface area contributed by atoms with E-state index in [9.17, 15) is 0 Å². The van der Waals surface area contributed by atoms with Gasteiger partial charge in [0.2, 0.25) is 0 Å². The van der Waals surface area contributed by atoms with Crippen molar-refractivity contribution < 1.29 is 14.6 Å². The Morgan fingerprint density at radius 1 is 1.44 bits per heavy atom. The molecule has 0 fully saturated rings. The van der Waals surface area contributed by atoms with Crippen LogP contribution in [0, 0.1) is 0 Å². The molecule has 0 aromatic heterocycles. The second-order valence-electron chi connectivity index (χ2n) is 3.43. The van der Waals surface area contributed by atoms with Crippen molar-refractivity contribution in [1.29, 1.82) is 0 Å². The zero-order valence-corrected chi connectivity index (χ0v) is 9.56. The predicted octanol–water partition coefficient (Wildman–Crippen LogP) is 0.921. The highest BCUT2D eigenvalue weighted by Gasteiger charge is 2.06. The standard InChI is InChI=1S/C12H19NO3/c1-2-15-12(7-13)9-16-11-5-3-4-10(6-11)8-14/h3-6,12,14H,2,7-9,13H2,1H3. The third-order valence-corrected chi connectivity index (χ3v) is 2.18. The molecule has 4 heteroatoms. The Balaban J connectivity index is 2.46. The molecule has 0 aliphatic heterocycles. The highest BCUT2D eigenvalue weighted by atomic mass is 16.5. The second kappa shape index (κ2) is 7.22. The SMILES string of the molecule is CCOC(CN)COc1cccc(CO)c1. The van der Waals surface area contributed by atoms with Gasteiger partial charge in [-0.2, -0.15) is 0 Å². The molecule has 90 valence electrons. The van der Waals surface area contributed by atoms with Crippen LogP contribution in [0.3, 0.4) is 0 Å². The molecule has 0 heterocycles. The van der Waals surface area contributed by atoms with Crippen LogP contribution < -0.4 is 10.5 Å². The van der Waals surface area contributed by atoms with E-state index in [0.717, 1.165) is 11.3 Å². The first-order valence-corrected chi connectivity index (χ1v) is 5.44. The number of rotatable bonds is 7. The van der Waals surface area contributed by atoms with Gasteiger partial charge in [0, 0.05) is 13.2 Å². The van der Waals surface area contributed by atoms with E-state index in [4.69, 9.17) is 20.3 Å². The summed E-state index contributed by atoms with van der Waals surface area (Å²) in [6, 6.07) is 7.34. The number of aliphatic hydroxyl groups is 1. The summed E-state index contributed by atoms with van der Waals surface area (Å²) in [5.74, 6) is 0.727. The van der Waals surface area contributed by atoms with E-state index in [0.29, 0.717) is 19.8 Å². The van der Waals surface area contributed by atoms with Gasteiger partial charge in [-0.1, -0.05) is 12.1 Å². The average molecular weight is 225 g/mol. The first-order chi connectivity index (χ1) is 7.80. The van der Waals surface area contributed by atoms with Crippen LogP contribution in [-0.4, -0.2) is 31.0 Å². The van der Waals surface area contributed by atoms with Crippen LogP contribution in [0.1, 0.15) is 12.5 Å². The minimum Gasteiger partial charge on any atom is -0.491 e. The first kappa shape index (κ1) is 13.0. The highest BCUT2D eigenvalue weighted by molar-refractivity contribution is 5.27. The molecule has 1 atom stereocenters. The summed E-state index contributed by atoms with van der Waals surface area (Å²) in [5.41, 5.74) is 6.37. The lowest BCUT2D eigenvalue weighted by atomic mass is 10.2. The zero-order chi connectivity index (χ0) is 11.8. The molecule has 0 amide bonds. The van der Waals surface area contributed by atoms with Crippen molar-refractivity contribution in [2.75, 3.05) is 19.8 Å². The van der Waals surface area contributed by atoms with Crippen LogP contribution in [-0.2, 0) is 11.3 Å². The number of hydrogen-bond acceptors (Lipinski definition) is 4. The predicted molar refractivity (Wildman–Crippen MR) is 62.3 cm³/mol. The molecule has 1 aromatic carbocycles.